The zero-order valence-corrected chi connectivity index (χ0v) is 20.9. The zero-order chi connectivity index (χ0) is 25.7. The summed E-state index contributed by atoms with van der Waals surface area (Å²) in [7, 11) is 0.192. The third-order valence-electron chi connectivity index (χ3n) is 6.11. The summed E-state index contributed by atoms with van der Waals surface area (Å²) < 4.78 is 29.1. The van der Waals surface area contributed by atoms with E-state index in [0.29, 0.717) is 48.0 Å². The highest BCUT2D eigenvalue weighted by molar-refractivity contribution is 7.91. The van der Waals surface area contributed by atoms with Gasteiger partial charge in [-0.05, 0) is 41.8 Å². The number of pyridine rings is 1. The molecule has 0 aliphatic carbocycles. The van der Waals surface area contributed by atoms with E-state index < -0.39 is 9.84 Å². The number of amides is 1. The second-order valence-corrected chi connectivity index (χ2v) is 10.7. The number of carbonyl (C=O) groups excluding carboxylic acids is 1. The number of nitrogens with one attached hydrogen (secondary N) is 2. The lowest BCUT2D eigenvalue weighted by Gasteiger charge is -2.29. The molecule has 1 saturated heterocycles. The molecule has 1 aromatic heterocycles. The van der Waals surface area contributed by atoms with E-state index in [-0.39, 0.29) is 17.4 Å². The summed E-state index contributed by atoms with van der Waals surface area (Å²) in [5.41, 5.74) is 4.09. The third kappa shape index (κ3) is 5.58. The molecule has 1 aliphatic rings. The number of hydrogen-bond donors (Lipinski definition) is 2. The van der Waals surface area contributed by atoms with Crippen LogP contribution in [0.4, 0.5) is 22.9 Å². The number of hydrogen-bond acceptors (Lipinski definition) is 7. The SMILES string of the molecule is [C-]#[N+]c1cnc(Nc2ccc(N3CCS(=O)(=O)CC3)cc2OC)cc1Cc1ccccc1C(=O)NC. The minimum atomic E-state index is -2.97. The average Bonchev–Trinajstić information content (AvgIpc) is 2.89. The fourth-order valence-electron chi connectivity index (χ4n) is 4.12. The molecule has 0 radical (unpaired) electrons. The molecule has 0 unspecified atom stereocenters. The standard InChI is InChI=1S/C26H27N5O4S/c1-27-23-17-29-25(15-19(23)14-18-6-4-5-7-21(18)26(32)28-2)30-22-9-8-20(16-24(22)35-3)31-10-12-36(33,34)13-11-31/h4-9,15-17H,10-14H2,2-3H3,(H,28,32)(H,29,30). The van der Waals surface area contributed by atoms with Gasteiger partial charge < -0.3 is 20.3 Å². The number of ether oxygens (including phenoxy) is 1. The normalized spacial score (nSPS) is 14.5. The van der Waals surface area contributed by atoms with Crippen LogP contribution in [0.5, 0.6) is 5.75 Å². The van der Waals surface area contributed by atoms with Gasteiger partial charge in [-0.1, -0.05) is 18.2 Å². The first-order chi connectivity index (χ1) is 17.3. The van der Waals surface area contributed by atoms with Gasteiger partial charge in [-0.15, -0.1) is 0 Å². The van der Waals surface area contributed by atoms with Crippen LogP contribution in [0.3, 0.4) is 0 Å². The summed E-state index contributed by atoms with van der Waals surface area (Å²) in [5.74, 6) is 1.21. The van der Waals surface area contributed by atoms with Crippen LogP contribution in [-0.2, 0) is 16.3 Å². The molecule has 2 aromatic carbocycles. The molecule has 2 N–H and O–H groups in total. The molecule has 1 amide bonds. The molecule has 0 atom stereocenters. The van der Waals surface area contributed by atoms with Crippen molar-refractivity contribution in [2.75, 3.05) is 49.0 Å². The van der Waals surface area contributed by atoms with Crippen molar-refractivity contribution in [3.8, 4) is 5.75 Å². The molecule has 1 fully saturated rings. The predicted molar refractivity (Wildman–Crippen MR) is 140 cm³/mol. The Morgan fingerprint density at radius 3 is 2.58 bits per heavy atom. The minimum Gasteiger partial charge on any atom is -0.494 e. The van der Waals surface area contributed by atoms with Crippen LogP contribution in [-0.4, -0.2) is 58.1 Å². The van der Waals surface area contributed by atoms with Gasteiger partial charge in [0.1, 0.15) is 11.6 Å². The Bertz CT molecular complexity index is 1420. The van der Waals surface area contributed by atoms with E-state index in [0.717, 1.165) is 16.8 Å². The van der Waals surface area contributed by atoms with E-state index in [4.69, 9.17) is 11.3 Å². The van der Waals surface area contributed by atoms with Crippen LogP contribution in [0.2, 0.25) is 0 Å². The van der Waals surface area contributed by atoms with Crippen molar-refractivity contribution in [2.24, 2.45) is 0 Å². The van der Waals surface area contributed by atoms with Crippen LogP contribution in [0.15, 0.2) is 54.7 Å². The number of aromatic nitrogens is 1. The van der Waals surface area contributed by atoms with Gasteiger partial charge in [0.05, 0.1) is 30.9 Å². The van der Waals surface area contributed by atoms with Gasteiger partial charge in [-0.2, -0.15) is 0 Å². The van der Waals surface area contributed by atoms with Gasteiger partial charge in [-0.3, -0.25) is 9.78 Å². The first kappa shape index (κ1) is 25.0. The summed E-state index contributed by atoms with van der Waals surface area (Å²) in [4.78, 5) is 22.3. The Morgan fingerprint density at radius 2 is 1.89 bits per heavy atom. The van der Waals surface area contributed by atoms with Crippen molar-refractivity contribution in [1.82, 2.24) is 10.3 Å². The van der Waals surface area contributed by atoms with Gasteiger partial charge in [-0.25, -0.2) is 13.3 Å². The Morgan fingerprint density at radius 1 is 1.14 bits per heavy atom. The van der Waals surface area contributed by atoms with Crippen LogP contribution in [0.25, 0.3) is 4.85 Å². The van der Waals surface area contributed by atoms with E-state index in [1.54, 1.807) is 26.3 Å². The van der Waals surface area contributed by atoms with Gasteiger partial charge in [0.2, 0.25) is 5.69 Å². The Labute approximate surface area is 210 Å². The summed E-state index contributed by atoms with van der Waals surface area (Å²) in [6, 6.07) is 14.8. The van der Waals surface area contributed by atoms with Crippen molar-refractivity contribution < 1.29 is 17.9 Å². The summed E-state index contributed by atoms with van der Waals surface area (Å²) in [6.45, 7) is 8.44. The second-order valence-electron chi connectivity index (χ2n) is 8.37. The lowest BCUT2D eigenvalue weighted by Crippen LogP contribution is -2.40. The quantitative estimate of drug-likeness (QED) is 0.473. The second kappa shape index (κ2) is 10.7. The maximum atomic E-state index is 12.3. The Balaban J connectivity index is 1.59. The van der Waals surface area contributed by atoms with Crippen LogP contribution in [0, 0.1) is 6.57 Å². The molecule has 10 heteroatoms. The predicted octanol–water partition coefficient (Wildman–Crippen LogP) is 3.57. The Hall–Kier alpha value is -4.10. The number of benzene rings is 2. The highest BCUT2D eigenvalue weighted by Crippen LogP contribution is 2.33. The summed E-state index contributed by atoms with van der Waals surface area (Å²) in [6.07, 6.45) is 1.91. The average molecular weight is 506 g/mol. The maximum Gasteiger partial charge on any atom is 0.251 e. The van der Waals surface area contributed by atoms with E-state index in [9.17, 15) is 13.2 Å². The molecular weight excluding hydrogens is 478 g/mol. The highest BCUT2D eigenvalue weighted by Gasteiger charge is 2.22. The smallest absolute Gasteiger partial charge is 0.251 e. The molecule has 2 heterocycles. The lowest BCUT2D eigenvalue weighted by molar-refractivity contribution is 0.0962. The first-order valence-electron chi connectivity index (χ1n) is 11.4. The van der Waals surface area contributed by atoms with Gasteiger partial charge >= 0.3 is 0 Å². The fourth-order valence-corrected chi connectivity index (χ4v) is 5.33. The van der Waals surface area contributed by atoms with Crippen molar-refractivity contribution in [3.63, 3.8) is 0 Å². The maximum absolute atomic E-state index is 12.3. The van der Waals surface area contributed by atoms with E-state index in [2.05, 4.69) is 20.5 Å². The summed E-state index contributed by atoms with van der Waals surface area (Å²) >= 11 is 0. The molecule has 3 aromatic rings. The van der Waals surface area contributed by atoms with Crippen LogP contribution < -0.4 is 20.3 Å². The third-order valence-corrected chi connectivity index (χ3v) is 7.72. The number of rotatable bonds is 7. The lowest BCUT2D eigenvalue weighted by atomic mass is 9.99. The topological polar surface area (TPSA) is 105 Å². The number of nitrogens with zero attached hydrogens (tertiary/aromatic N) is 3. The number of anilines is 3. The molecule has 0 saturated carbocycles. The first-order valence-corrected chi connectivity index (χ1v) is 13.2. The molecule has 1 aliphatic heterocycles. The van der Waals surface area contributed by atoms with E-state index in [1.165, 1.54) is 6.20 Å². The Kier molecular flexibility index (Phi) is 7.41. The van der Waals surface area contributed by atoms with Crippen molar-refractivity contribution in [3.05, 3.63) is 82.8 Å². The molecule has 36 heavy (non-hydrogen) atoms. The van der Waals surface area contributed by atoms with Crippen molar-refractivity contribution in [2.45, 2.75) is 6.42 Å². The number of methoxy groups -OCH3 is 1. The fraction of sp³-hybridized carbons (Fsp3) is 0.269. The highest BCUT2D eigenvalue weighted by atomic mass is 32.2. The van der Waals surface area contributed by atoms with Gasteiger partial charge in [0.15, 0.2) is 9.84 Å². The molecule has 186 valence electrons. The number of carbonyl (C=O) groups is 1. The van der Waals surface area contributed by atoms with Crippen LogP contribution >= 0.6 is 0 Å². The van der Waals surface area contributed by atoms with Crippen LogP contribution in [0.1, 0.15) is 21.5 Å². The molecular formula is C26H27N5O4S. The van der Waals surface area contributed by atoms with Crippen molar-refractivity contribution in [1.29, 1.82) is 0 Å². The molecule has 0 bridgehead atoms. The van der Waals surface area contributed by atoms with E-state index >= 15 is 0 Å². The molecule has 4 rings (SSSR count). The monoisotopic (exact) mass is 505 g/mol. The number of sulfone groups is 1. The summed E-state index contributed by atoms with van der Waals surface area (Å²) in [5, 5.41) is 5.91. The van der Waals surface area contributed by atoms with Crippen molar-refractivity contribution >= 4 is 38.6 Å². The minimum absolute atomic E-state index is 0.137. The van der Waals surface area contributed by atoms with E-state index in [1.807, 2.05) is 41.3 Å². The molecule has 9 nitrogen and oxygen atoms in total. The van der Waals surface area contributed by atoms with Gasteiger partial charge in [0.25, 0.3) is 5.91 Å². The zero-order valence-electron chi connectivity index (χ0n) is 20.1. The molecule has 0 spiro atoms. The van der Waals surface area contributed by atoms with Gasteiger partial charge in [0, 0.05) is 43.7 Å². The largest absolute Gasteiger partial charge is 0.494 e.